The summed E-state index contributed by atoms with van der Waals surface area (Å²) < 4.78 is 27.4. The van der Waals surface area contributed by atoms with E-state index in [4.69, 9.17) is 23.2 Å². The first-order valence-corrected chi connectivity index (χ1v) is 7.90. The van der Waals surface area contributed by atoms with Crippen molar-refractivity contribution >= 4 is 33.2 Å². The summed E-state index contributed by atoms with van der Waals surface area (Å²) in [6, 6.07) is 7.07. The second kappa shape index (κ2) is 5.73. The van der Waals surface area contributed by atoms with Crippen molar-refractivity contribution in [3.05, 3.63) is 46.3 Å². The predicted octanol–water partition coefficient (Wildman–Crippen LogP) is 2.55. The van der Waals surface area contributed by atoms with E-state index >= 15 is 0 Å². The Morgan fingerprint density at radius 2 is 1.95 bits per heavy atom. The molecular weight excluding hydrogens is 321 g/mol. The molecule has 108 valence electrons. The second-order valence-corrected chi connectivity index (χ2v) is 7.03. The fourth-order valence-corrected chi connectivity index (χ4v) is 3.39. The molecule has 0 aliphatic carbocycles. The molecule has 1 aromatic carbocycles. The summed E-state index contributed by atoms with van der Waals surface area (Å²) in [6.07, 6.45) is 1.36. The van der Waals surface area contributed by atoms with Crippen LogP contribution in [0.25, 0.3) is 0 Å². The van der Waals surface area contributed by atoms with Crippen LogP contribution in [0.5, 0.6) is 0 Å². The van der Waals surface area contributed by atoms with E-state index in [0.717, 1.165) is 0 Å². The molecule has 0 N–H and O–H groups in total. The summed E-state index contributed by atoms with van der Waals surface area (Å²) in [5, 5.41) is 0.439. The number of hydrogen-bond donors (Lipinski definition) is 0. The van der Waals surface area contributed by atoms with Gasteiger partial charge in [0.15, 0.2) is 0 Å². The SMILES string of the molecule is CN(Cc1ccccc1Cl)S(=O)(=O)c1ncn(C)c1Cl. The second-order valence-electron chi connectivity index (χ2n) is 4.30. The number of nitrogens with zero attached hydrogens (tertiary/aromatic N) is 3. The lowest BCUT2D eigenvalue weighted by Crippen LogP contribution is -2.27. The van der Waals surface area contributed by atoms with Gasteiger partial charge >= 0.3 is 0 Å². The lowest BCUT2D eigenvalue weighted by Gasteiger charge is -2.16. The van der Waals surface area contributed by atoms with E-state index in [9.17, 15) is 8.42 Å². The van der Waals surface area contributed by atoms with Crippen LogP contribution in [0.2, 0.25) is 10.2 Å². The maximum atomic E-state index is 12.4. The molecule has 0 spiro atoms. The minimum atomic E-state index is -3.75. The van der Waals surface area contributed by atoms with Crippen molar-refractivity contribution in [2.75, 3.05) is 7.05 Å². The molecule has 1 aromatic heterocycles. The van der Waals surface area contributed by atoms with Gasteiger partial charge in [-0.1, -0.05) is 41.4 Å². The first-order chi connectivity index (χ1) is 9.34. The van der Waals surface area contributed by atoms with Crippen LogP contribution in [0, 0.1) is 0 Å². The molecular formula is C12H13Cl2N3O2S. The highest BCUT2D eigenvalue weighted by Crippen LogP contribution is 2.24. The van der Waals surface area contributed by atoms with Gasteiger partial charge in [0.1, 0.15) is 5.15 Å². The molecule has 0 fully saturated rings. The Hall–Kier alpha value is -1.08. The molecule has 5 nitrogen and oxygen atoms in total. The molecule has 0 amide bonds. The van der Waals surface area contributed by atoms with Crippen LogP contribution in [0.4, 0.5) is 0 Å². The minimum Gasteiger partial charge on any atom is -0.324 e. The number of hydrogen-bond acceptors (Lipinski definition) is 3. The Labute approximate surface area is 127 Å². The maximum Gasteiger partial charge on any atom is 0.263 e. The molecule has 2 aromatic rings. The number of halogens is 2. The van der Waals surface area contributed by atoms with Crippen LogP contribution in [0.15, 0.2) is 35.6 Å². The fraction of sp³-hybridized carbons (Fsp3) is 0.250. The molecule has 0 bridgehead atoms. The summed E-state index contributed by atoms with van der Waals surface area (Å²) >= 11 is 12.0. The van der Waals surface area contributed by atoms with Gasteiger partial charge in [-0.2, -0.15) is 4.31 Å². The van der Waals surface area contributed by atoms with Gasteiger partial charge in [0.25, 0.3) is 10.0 Å². The van der Waals surface area contributed by atoms with Crippen LogP contribution >= 0.6 is 23.2 Å². The van der Waals surface area contributed by atoms with Gasteiger partial charge in [0, 0.05) is 25.7 Å². The highest BCUT2D eigenvalue weighted by atomic mass is 35.5. The highest BCUT2D eigenvalue weighted by Gasteiger charge is 2.27. The molecule has 8 heteroatoms. The van der Waals surface area contributed by atoms with Gasteiger partial charge in [0.2, 0.25) is 5.03 Å². The minimum absolute atomic E-state index is 0.0796. The first kappa shape index (κ1) is 15.3. The topological polar surface area (TPSA) is 55.2 Å². The largest absolute Gasteiger partial charge is 0.324 e. The Morgan fingerprint density at radius 1 is 1.30 bits per heavy atom. The number of rotatable bonds is 4. The molecule has 0 saturated heterocycles. The van der Waals surface area contributed by atoms with Crippen molar-refractivity contribution < 1.29 is 8.42 Å². The number of imidazole rings is 1. The lowest BCUT2D eigenvalue weighted by molar-refractivity contribution is 0.464. The fourth-order valence-electron chi connectivity index (χ4n) is 1.67. The zero-order valence-electron chi connectivity index (χ0n) is 10.9. The summed E-state index contributed by atoms with van der Waals surface area (Å²) in [4.78, 5) is 3.84. The van der Waals surface area contributed by atoms with E-state index in [2.05, 4.69) is 4.98 Å². The van der Waals surface area contributed by atoms with Crippen LogP contribution < -0.4 is 0 Å². The van der Waals surface area contributed by atoms with Crippen molar-refractivity contribution in [3.8, 4) is 0 Å². The number of sulfonamides is 1. The Bertz CT molecular complexity index is 728. The lowest BCUT2D eigenvalue weighted by atomic mass is 10.2. The summed E-state index contributed by atoms with van der Waals surface area (Å²) in [5.74, 6) is 0. The van der Waals surface area contributed by atoms with E-state index in [-0.39, 0.29) is 16.7 Å². The smallest absolute Gasteiger partial charge is 0.263 e. The van der Waals surface area contributed by atoms with E-state index in [1.165, 1.54) is 22.2 Å². The Balaban J connectivity index is 2.31. The van der Waals surface area contributed by atoms with Gasteiger partial charge < -0.3 is 4.57 Å². The van der Waals surface area contributed by atoms with Crippen LogP contribution in [0.3, 0.4) is 0 Å². The van der Waals surface area contributed by atoms with Crippen molar-refractivity contribution in [3.63, 3.8) is 0 Å². The van der Waals surface area contributed by atoms with E-state index in [1.807, 2.05) is 0 Å². The van der Waals surface area contributed by atoms with E-state index in [0.29, 0.717) is 10.6 Å². The van der Waals surface area contributed by atoms with E-state index < -0.39 is 10.0 Å². The van der Waals surface area contributed by atoms with Crippen molar-refractivity contribution in [1.82, 2.24) is 13.9 Å². The molecule has 0 aliphatic heterocycles. The Kier molecular flexibility index (Phi) is 4.39. The van der Waals surface area contributed by atoms with Gasteiger partial charge in [-0.15, -0.1) is 0 Å². The predicted molar refractivity (Wildman–Crippen MR) is 78.3 cm³/mol. The molecule has 0 saturated carbocycles. The zero-order chi connectivity index (χ0) is 14.9. The van der Waals surface area contributed by atoms with Gasteiger partial charge in [-0.3, -0.25) is 0 Å². The van der Waals surface area contributed by atoms with E-state index in [1.54, 1.807) is 31.3 Å². The van der Waals surface area contributed by atoms with Gasteiger partial charge in [0.05, 0.1) is 6.33 Å². The third-order valence-electron chi connectivity index (χ3n) is 2.84. The summed E-state index contributed by atoms with van der Waals surface area (Å²) in [7, 11) is -0.664. The number of aromatic nitrogens is 2. The normalized spacial score (nSPS) is 12.1. The van der Waals surface area contributed by atoms with Crippen LogP contribution in [0.1, 0.15) is 5.56 Å². The quantitative estimate of drug-likeness (QED) is 0.863. The average Bonchev–Trinajstić information content (AvgIpc) is 2.73. The molecule has 2 rings (SSSR count). The molecule has 20 heavy (non-hydrogen) atoms. The molecule has 0 radical (unpaired) electrons. The standard InChI is InChI=1S/C12H13Cl2N3O2S/c1-16-8-15-12(11(16)14)20(18,19)17(2)7-9-5-3-4-6-10(9)13/h3-6,8H,7H2,1-2H3. The van der Waals surface area contributed by atoms with Crippen molar-refractivity contribution in [2.45, 2.75) is 11.6 Å². The molecule has 1 heterocycles. The van der Waals surface area contributed by atoms with Gasteiger partial charge in [-0.05, 0) is 11.6 Å². The van der Waals surface area contributed by atoms with Gasteiger partial charge in [-0.25, -0.2) is 13.4 Å². The number of benzene rings is 1. The van der Waals surface area contributed by atoms with Crippen LogP contribution in [-0.2, 0) is 23.6 Å². The van der Waals surface area contributed by atoms with Crippen LogP contribution in [-0.4, -0.2) is 29.3 Å². The van der Waals surface area contributed by atoms with Crippen molar-refractivity contribution in [2.24, 2.45) is 7.05 Å². The molecule has 0 aliphatic rings. The monoisotopic (exact) mass is 333 g/mol. The third-order valence-corrected chi connectivity index (χ3v) is 5.50. The third kappa shape index (κ3) is 2.83. The zero-order valence-corrected chi connectivity index (χ0v) is 13.2. The molecule has 0 atom stereocenters. The first-order valence-electron chi connectivity index (χ1n) is 5.70. The van der Waals surface area contributed by atoms with Crippen molar-refractivity contribution in [1.29, 1.82) is 0 Å². The summed E-state index contributed by atoms with van der Waals surface area (Å²) in [5.41, 5.74) is 0.715. The highest BCUT2D eigenvalue weighted by molar-refractivity contribution is 7.89. The molecule has 0 unspecified atom stereocenters. The maximum absolute atomic E-state index is 12.4. The number of aryl methyl sites for hydroxylation is 1. The Morgan fingerprint density at radius 3 is 2.50 bits per heavy atom. The average molecular weight is 334 g/mol. The summed E-state index contributed by atoms with van der Waals surface area (Å²) in [6.45, 7) is 0.148.